The van der Waals surface area contributed by atoms with Crippen molar-refractivity contribution in [2.24, 2.45) is 5.73 Å². The molecule has 0 aliphatic heterocycles. The Hall–Kier alpha value is -0.0700. The minimum atomic E-state index is -4.67. The predicted molar refractivity (Wildman–Crippen MR) is 32.0 cm³/mol. The third-order valence-electron chi connectivity index (χ3n) is 0.759. The highest BCUT2D eigenvalue weighted by Crippen LogP contribution is 2.35. The van der Waals surface area contributed by atoms with Gasteiger partial charge in [-0.1, -0.05) is 0 Å². The first-order valence-corrected chi connectivity index (χ1v) is 4.10. The summed E-state index contributed by atoms with van der Waals surface area (Å²) in [4.78, 5) is 16.1. The number of nitrogens with two attached hydrogens (primary N) is 1. The summed E-state index contributed by atoms with van der Waals surface area (Å²) in [5.41, 5.74) is 4.71. The molecule has 0 spiro atoms. The van der Waals surface area contributed by atoms with Gasteiger partial charge in [-0.25, -0.2) is 13.3 Å². The normalized spacial score (nSPS) is 15.5. The van der Waals surface area contributed by atoms with E-state index in [1.54, 1.807) is 0 Å². The first kappa shape index (κ1) is 10.9. The van der Waals surface area contributed by atoms with Crippen molar-refractivity contribution in [3.63, 3.8) is 0 Å². The summed E-state index contributed by atoms with van der Waals surface area (Å²) in [5, 5.41) is 0. The van der Waals surface area contributed by atoms with Crippen molar-refractivity contribution in [3.05, 3.63) is 0 Å². The fourth-order valence-corrected chi connectivity index (χ4v) is 0.622. The van der Waals surface area contributed by atoms with Crippen LogP contribution in [-0.2, 0) is 9.09 Å². The van der Waals surface area contributed by atoms with E-state index in [0.717, 1.165) is 0 Å². The van der Waals surface area contributed by atoms with Gasteiger partial charge in [0, 0.05) is 0 Å². The van der Waals surface area contributed by atoms with Gasteiger partial charge in [-0.3, -0.25) is 4.52 Å². The standard InChI is InChI=1S/C3H8F2NO4P/c4-3(5)2(6)1-10-11(7,8)9/h2-3H,1,6H2,(H2,7,8,9). The van der Waals surface area contributed by atoms with Crippen molar-refractivity contribution in [2.75, 3.05) is 6.61 Å². The highest BCUT2D eigenvalue weighted by Gasteiger charge is 2.21. The average molecular weight is 191 g/mol. The van der Waals surface area contributed by atoms with Gasteiger partial charge in [-0.15, -0.1) is 0 Å². The molecule has 0 amide bonds. The van der Waals surface area contributed by atoms with Gasteiger partial charge < -0.3 is 15.5 Å². The van der Waals surface area contributed by atoms with Gasteiger partial charge in [0.2, 0.25) is 0 Å². The molecule has 0 fully saturated rings. The van der Waals surface area contributed by atoms with E-state index >= 15 is 0 Å². The van der Waals surface area contributed by atoms with E-state index in [0.29, 0.717) is 0 Å². The number of phosphoric ester groups is 1. The molecule has 1 unspecified atom stereocenters. The Labute approximate surface area is 61.4 Å². The Kier molecular flexibility index (Phi) is 4.05. The van der Waals surface area contributed by atoms with Crippen LogP contribution in [0, 0.1) is 0 Å². The molecule has 8 heteroatoms. The molecule has 0 radical (unpaired) electrons. The Bertz CT molecular complexity index is 159. The maximum Gasteiger partial charge on any atom is 0.469 e. The largest absolute Gasteiger partial charge is 0.469 e. The van der Waals surface area contributed by atoms with Crippen LogP contribution in [0.3, 0.4) is 0 Å². The van der Waals surface area contributed by atoms with E-state index in [9.17, 15) is 13.3 Å². The maximum absolute atomic E-state index is 11.5. The second-order valence-electron chi connectivity index (χ2n) is 1.78. The Morgan fingerprint density at radius 3 is 2.27 bits per heavy atom. The van der Waals surface area contributed by atoms with Gasteiger partial charge in [0.1, 0.15) is 0 Å². The highest BCUT2D eigenvalue weighted by atomic mass is 31.2. The average Bonchev–Trinajstić information content (AvgIpc) is 1.80. The fraction of sp³-hybridized carbons (Fsp3) is 1.00. The topological polar surface area (TPSA) is 92.8 Å². The predicted octanol–water partition coefficient (Wildman–Crippen LogP) is -0.312. The lowest BCUT2D eigenvalue weighted by Crippen LogP contribution is -2.33. The van der Waals surface area contributed by atoms with Crippen LogP contribution < -0.4 is 5.73 Å². The quantitative estimate of drug-likeness (QED) is 0.530. The lowest BCUT2D eigenvalue weighted by molar-refractivity contribution is 0.0794. The summed E-state index contributed by atoms with van der Waals surface area (Å²) < 4.78 is 36.7. The molecule has 5 nitrogen and oxygen atoms in total. The fourth-order valence-electron chi connectivity index (χ4n) is 0.256. The van der Waals surface area contributed by atoms with E-state index in [4.69, 9.17) is 15.5 Å². The van der Waals surface area contributed by atoms with Crippen molar-refractivity contribution >= 4 is 7.82 Å². The molecule has 4 N–H and O–H groups in total. The van der Waals surface area contributed by atoms with Gasteiger partial charge >= 0.3 is 7.82 Å². The highest BCUT2D eigenvalue weighted by molar-refractivity contribution is 7.46. The van der Waals surface area contributed by atoms with Crippen LogP contribution in [-0.4, -0.2) is 28.9 Å². The van der Waals surface area contributed by atoms with Crippen molar-refractivity contribution in [1.82, 2.24) is 0 Å². The van der Waals surface area contributed by atoms with E-state index in [1.807, 2.05) is 0 Å². The third-order valence-corrected chi connectivity index (χ3v) is 1.24. The maximum atomic E-state index is 11.5. The molecule has 0 aromatic heterocycles. The van der Waals surface area contributed by atoms with Crippen LogP contribution in [0.25, 0.3) is 0 Å². The van der Waals surface area contributed by atoms with Gasteiger partial charge in [-0.2, -0.15) is 0 Å². The summed E-state index contributed by atoms with van der Waals surface area (Å²) in [6, 6.07) is -1.66. The van der Waals surface area contributed by atoms with Crippen LogP contribution in [0.5, 0.6) is 0 Å². The summed E-state index contributed by atoms with van der Waals surface area (Å²) >= 11 is 0. The van der Waals surface area contributed by atoms with E-state index < -0.39 is 26.9 Å². The number of hydrogen-bond donors (Lipinski definition) is 3. The van der Waals surface area contributed by atoms with Crippen molar-refractivity contribution in [3.8, 4) is 0 Å². The van der Waals surface area contributed by atoms with E-state index in [1.165, 1.54) is 0 Å². The Morgan fingerprint density at radius 2 is 2.00 bits per heavy atom. The second-order valence-corrected chi connectivity index (χ2v) is 3.02. The summed E-state index contributed by atoms with van der Waals surface area (Å²) in [5.74, 6) is 0. The molecule has 1 atom stereocenters. The molecule has 0 aromatic carbocycles. The summed E-state index contributed by atoms with van der Waals surface area (Å²) in [6.45, 7) is -0.859. The van der Waals surface area contributed by atoms with Crippen LogP contribution in [0.15, 0.2) is 0 Å². The molecule has 0 saturated carbocycles. The molecule has 0 heterocycles. The number of halogens is 2. The monoisotopic (exact) mass is 191 g/mol. The van der Waals surface area contributed by atoms with Crippen LogP contribution in [0.4, 0.5) is 8.78 Å². The molecule has 68 valence electrons. The number of alkyl halides is 2. The smallest absolute Gasteiger partial charge is 0.321 e. The lowest BCUT2D eigenvalue weighted by atomic mass is 10.4. The molecular weight excluding hydrogens is 183 g/mol. The minimum Gasteiger partial charge on any atom is -0.321 e. The van der Waals surface area contributed by atoms with Crippen LogP contribution >= 0.6 is 7.82 Å². The second kappa shape index (κ2) is 4.08. The third kappa shape index (κ3) is 6.33. The lowest BCUT2D eigenvalue weighted by Gasteiger charge is -2.10. The first-order valence-electron chi connectivity index (χ1n) is 2.57. The van der Waals surface area contributed by atoms with Gasteiger partial charge in [0.05, 0.1) is 12.6 Å². The molecule has 0 aliphatic carbocycles. The zero-order valence-electron chi connectivity index (χ0n) is 5.35. The van der Waals surface area contributed by atoms with Gasteiger partial charge in [0.25, 0.3) is 6.43 Å². The van der Waals surface area contributed by atoms with Gasteiger partial charge in [-0.05, 0) is 0 Å². The molecule has 0 rings (SSSR count). The molecule has 11 heavy (non-hydrogen) atoms. The number of phosphoric acid groups is 1. The number of hydrogen-bond acceptors (Lipinski definition) is 3. The molecule has 0 aromatic rings. The Morgan fingerprint density at radius 1 is 1.55 bits per heavy atom. The number of rotatable bonds is 4. The van der Waals surface area contributed by atoms with Crippen molar-refractivity contribution in [2.45, 2.75) is 12.5 Å². The molecular formula is C3H8F2NO4P. The molecule has 0 saturated heterocycles. The summed E-state index contributed by atoms with van der Waals surface area (Å²) in [6.07, 6.45) is -2.85. The van der Waals surface area contributed by atoms with Crippen molar-refractivity contribution in [1.29, 1.82) is 0 Å². The van der Waals surface area contributed by atoms with Crippen LogP contribution in [0.2, 0.25) is 0 Å². The Balaban J connectivity index is 3.63. The van der Waals surface area contributed by atoms with Gasteiger partial charge in [0.15, 0.2) is 0 Å². The minimum absolute atomic E-state index is 0.859. The van der Waals surface area contributed by atoms with E-state index in [2.05, 4.69) is 4.52 Å². The molecule has 0 aliphatic rings. The summed E-state index contributed by atoms with van der Waals surface area (Å²) in [7, 11) is -4.67. The SMILES string of the molecule is NC(COP(=O)(O)O)C(F)F. The van der Waals surface area contributed by atoms with E-state index in [-0.39, 0.29) is 0 Å². The van der Waals surface area contributed by atoms with Crippen molar-refractivity contribution < 1.29 is 27.7 Å². The van der Waals surface area contributed by atoms with Crippen LogP contribution in [0.1, 0.15) is 0 Å². The first-order chi connectivity index (χ1) is 4.83. The zero-order chi connectivity index (χ0) is 9.07. The zero-order valence-corrected chi connectivity index (χ0v) is 6.25. The molecule has 0 bridgehead atoms.